The monoisotopic (exact) mass is 259 g/mol. The van der Waals surface area contributed by atoms with Crippen molar-refractivity contribution in [3.05, 3.63) is 29.8 Å². The van der Waals surface area contributed by atoms with Gasteiger partial charge in [0.2, 0.25) is 0 Å². The van der Waals surface area contributed by atoms with Crippen LogP contribution >= 0.6 is 0 Å². The fraction of sp³-hybridized carbons (Fsp3) is 0.438. The lowest BCUT2D eigenvalue weighted by molar-refractivity contribution is 0.0936. The largest absolute Gasteiger partial charge is 0.494 e. The minimum absolute atomic E-state index is 0.0257. The number of hydrogen-bond donors (Lipinski definition) is 1. The maximum absolute atomic E-state index is 12.1. The molecular weight excluding hydrogens is 238 g/mol. The SMILES string of the molecule is C#CCC(CC)NC(=O)c1cccc(OCCC)c1. The van der Waals surface area contributed by atoms with E-state index in [-0.39, 0.29) is 11.9 Å². The van der Waals surface area contributed by atoms with E-state index in [2.05, 4.69) is 11.2 Å². The Morgan fingerprint density at radius 1 is 1.47 bits per heavy atom. The molecule has 3 nitrogen and oxygen atoms in total. The molecule has 0 aliphatic carbocycles. The molecule has 1 amide bonds. The Morgan fingerprint density at radius 3 is 2.89 bits per heavy atom. The van der Waals surface area contributed by atoms with Crippen molar-refractivity contribution in [1.29, 1.82) is 0 Å². The molecule has 0 saturated heterocycles. The van der Waals surface area contributed by atoms with E-state index in [0.29, 0.717) is 18.6 Å². The smallest absolute Gasteiger partial charge is 0.251 e. The molecule has 0 radical (unpaired) electrons. The van der Waals surface area contributed by atoms with Crippen LogP contribution in [-0.2, 0) is 0 Å². The summed E-state index contributed by atoms with van der Waals surface area (Å²) < 4.78 is 5.51. The number of benzene rings is 1. The van der Waals surface area contributed by atoms with Crippen LogP contribution in [0.3, 0.4) is 0 Å². The minimum Gasteiger partial charge on any atom is -0.494 e. The predicted octanol–water partition coefficient (Wildman–Crippen LogP) is 3.01. The first-order valence-corrected chi connectivity index (χ1v) is 6.68. The second-order valence-corrected chi connectivity index (χ2v) is 4.36. The standard InChI is InChI=1S/C16H21NO2/c1-4-8-14(6-3)17-16(18)13-9-7-10-15(12-13)19-11-5-2/h1,7,9-10,12,14H,5-6,8,11H2,2-3H3,(H,17,18). The molecule has 0 saturated carbocycles. The fourth-order valence-electron chi connectivity index (χ4n) is 1.66. The van der Waals surface area contributed by atoms with Crippen LogP contribution in [0, 0.1) is 12.3 Å². The summed E-state index contributed by atoms with van der Waals surface area (Å²) in [5.74, 6) is 3.19. The predicted molar refractivity (Wildman–Crippen MR) is 77.2 cm³/mol. The molecule has 3 heteroatoms. The molecule has 0 bridgehead atoms. The number of carbonyl (C=O) groups is 1. The Morgan fingerprint density at radius 2 is 2.26 bits per heavy atom. The van der Waals surface area contributed by atoms with Crippen LogP contribution in [0.4, 0.5) is 0 Å². The maximum atomic E-state index is 12.1. The first kappa shape index (κ1) is 15.1. The molecule has 0 aliphatic heterocycles. The van der Waals surface area contributed by atoms with Crippen LogP contribution in [-0.4, -0.2) is 18.6 Å². The Balaban J connectivity index is 2.68. The maximum Gasteiger partial charge on any atom is 0.251 e. The van der Waals surface area contributed by atoms with Crippen molar-refractivity contribution < 1.29 is 9.53 Å². The first-order chi connectivity index (χ1) is 9.21. The van der Waals surface area contributed by atoms with Crippen LogP contribution in [0.1, 0.15) is 43.5 Å². The zero-order chi connectivity index (χ0) is 14.1. The fourth-order valence-corrected chi connectivity index (χ4v) is 1.66. The van der Waals surface area contributed by atoms with Crippen molar-refractivity contribution in [3.63, 3.8) is 0 Å². The average Bonchev–Trinajstić information content (AvgIpc) is 2.44. The Bertz CT molecular complexity index is 448. The normalized spacial score (nSPS) is 11.4. The summed E-state index contributed by atoms with van der Waals surface area (Å²) >= 11 is 0. The topological polar surface area (TPSA) is 38.3 Å². The van der Waals surface area contributed by atoms with Gasteiger partial charge in [-0.2, -0.15) is 0 Å². The Hall–Kier alpha value is -1.95. The zero-order valence-corrected chi connectivity index (χ0v) is 11.6. The van der Waals surface area contributed by atoms with E-state index >= 15 is 0 Å². The third-order valence-corrected chi connectivity index (χ3v) is 2.76. The molecular formula is C16H21NO2. The first-order valence-electron chi connectivity index (χ1n) is 6.68. The summed E-state index contributed by atoms with van der Waals surface area (Å²) in [6.07, 6.45) is 7.59. The highest BCUT2D eigenvalue weighted by atomic mass is 16.5. The Labute approximate surface area is 115 Å². The zero-order valence-electron chi connectivity index (χ0n) is 11.6. The molecule has 1 atom stereocenters. The quantitative estimate of drug-likeness (QED) is 0.764. The molecule has 0 heterocycles. The highest BCUT2D eigenvalue weighted by molar-refractivity contribution is 5.94. The van der Waals surface area contributed by atoms with Crippen LogP contribution < -0.4 is 10.1 Å². The van der Waals surface area contributed by atoms with Crippen LogP contribution in [0.25, 0.3) is 0 Å². The van der Waals surface area contributed by atoms with Crippen LogP contribution in [0.2, 0.25) is 0 Å². The van der Waals surface area contributed by atoms with Gasteiger partial charge in [-0.3, -0.25) is 4.79 Å². The summed E-state index contributed by atoms with van der Waals surface area (Å²) in [6.45, 7) is 4.70. The van der Waals surface area contributed by atoms with Crippen molar-refractivity contribution in [1.82, 2.24) is 5.32 Å². The summed E-state index contributed by atoms with van der Waals surface area (Å²) in [5, 5.41) is 2.93. The summed E-state index contributed by atoms with van der Waals surface area (Å²) in [6, 6.07) is 7.23. The molecule has 0 fully saturated rings. The molecule has 1 aromatic carbocycles. The molecule has 1 aromatic rings. The van der Waals surface area contributed by atoms with Crippen molar-refractivity contribution in [3.8, 4) is 18.1 Å². The van der Waals surface area contributed by atoms with E-state index in [4.69, 9.17) is 11.2 Å². The van der Waals surface area contributed by atoms with Gasteiger partial charge >= 0.3 is 0 Å². The molecule has 19 heavy (non-hydrogen) atoms. The lowest BCUT2D eigenvalue weighted by atomic mass is 10.1. The van der Waals surface area contributed by atoms with Crippen LogP contribution in [0.15, 0.2) is 24.3 Å². The molecule has 102 valence electrons. The van der Waals surface area contributed by atoms with E-state index in [1.165, 1.54) is 0 Å². The van der Waals surface area contributed by atoms with Crippen molar-refractivity contribution in [2.45, 2.75) is 39.2 Å². The number of rotatable bonds is 7. The van der Waals surface area contributed by atoms with E-state index in [1.54, 1.807) is 12.1 Å². The van der Waals surface area contributed by atoms with Crippen molar-refractivity contribution in [2.75, 3.05) is 6.61 Å². The lowest BCUT2D eigenvalue weighted by Gasteiger charge is -2.14. The van der Waals surface area contributed by atoms with Gasteiger partial charge in [-0.1, -0.05) is 19.9 Å². The highest BCUT2D eigenvalue weighted by Crippen LogP contribution is 2.14. The van der Waals surface area contributed by atoms with E-state index in [1.807, 2.05) is 26.0 Å². The van der Waals surface area contributed by atoms with Gasteiger partial charge in [0.1, 0.15) is 5.75 Å². The number of amides is 1. The van der Waals surface area contributed by atoms with Crippen molar-refractivity contribution in [2.24, 2.45) is 0 Å². The second-order valence-electron chi connectivity index (χ2n) is 4.36. The third-order valence-electron chi connectivity index (χ3n) is 2.76. The molecule has 0 spiro atoms. The number of terminal acetylenes is 1. The van der Waals surface area contributed by atoms with Gasteiger partial charge in [0, 0.05) is 18.0 Å². The molecule has 1 N–H and O–H groups in total. The van der Waals surface area contributed by atoms with E-state index in [0.717, 1.165) is 18.6 Å². The second kappa shape index (κ2) is 8.20. The number of hydrogen-bond acceptors (Lipinski definition) is 2. The van der Waals surface area contributed by atoms with E-state index < -0.39 is 0 Å². The minimum atomic E-state index is -0.107. The number of ether oxygens (including phenoxy) is 1. The third kappa shape index (κ3) is 5.05. The number of carbonyl (C=O) groups excluding carboxylic acids is 1. The summed E-state index contributed by atoms with van der Waals surface area (Å²) in [7, 11) is 0. The van der Waals surface area contributed by atoms with Gasteiger partial charge in [0.25, 0.3) is 5.91 Å². The van der Waals surface area contributed by atoms with Gasteiger partial charge in [0.15, 0.2) is 0 Å². The van der Waals surface area contributed by atoms with Gasteiger partial charge in [0.05, 0.1) is 6.61 Å². The van der Waals surface area contributed by atoms with E-state index in [9.17, 15) is 4.79 Å². The number of nitrogens with one attached hydrogen (secondary N) is 1. The van der Waals surface area contributed by atoms with Gasteiger partial charge in [-0.05, 0) is 31.0 Å². The van der Waals surface area contributed by atoms with Crippen LogP contribution in [0.5, 0.6) is 5.75 Å². The van der Waals surface area contributed by atoms with Gasteiger partial charge in [-0.15, -0.1) is 12.3 Å². The lowest BCUT2D eigenvalue weighted by Crippen LogP contribution is -2.34. The van der Waals surface area contributed by atoms with Gasteiger partial charge < -0.3 is 10.1 Å². The molecule has 0 aliphatic rings. The Kier molecular flexibility index (Phi) is 6.52. The summed E-state index contributed by atoms with van der Waals surface area (Å²) in [5.41, 5.74) is 0.601. The molecule has 1 unspecified atom stereocenters. The molecule has 1 rings (SSSR count). The highest BCUT2D eigenvalue weighted by Gasteiger charge is 2.11. The average molecular weight is 259 g/mol. The van der Waals surface area contributed by atoms with Crippen molar-refractivity contribution >= 4 is 5.91 Å². The molecule has 0 aromatic heterocycles. The van der Waals surface area contributed by atoms with Gasteiger partial charge in [-0.25, -0.2) is 0 Å². The summed E-state index contributed by atoms with van der Waals surface area (Å²) in [4.78, 5) is 12.1.